The van der Waals surface area contributed by atoms with E-state index < -0.39 is 0 Å². The molecule has 0 aromatic carbocycles. The van der Waals surface area contributed by atoms with E-state index in [0.717, 1.165) is 32.7 Å². The van der Waals surface area contributed by atoms with Crippen molar-refractivity contribution >= 4 is 23.5 Å². The van der Waals surface area contributed by atoms with Crippen LogP contribution in [0.25, 0.3) is 0 Å². The van der Waals surface area contributed by atoms with Gasteiger partial charge < -0.3 is 9.47 Å². The summed E-state index contributed by atoms with van der Waals surface area (Å²) in [5.74, 6) is 1.19. The van der Waals surface area contributed by atoms with Gasteiger partial charge >= 0.3 is 0 Å². The molecule has 0 saturated carbocycles. The average molecular weight is 425 g/mol. The minimum Gasteiger partial charge on any atom is -0.355 e. The van der Waals surface area contributed by atoms with Gasteiger partial charge in [0.15, 0.2) is 0 Å². The molecule has 1 fully saturated rings. The second-order valence-corrected chi connectivity index (χ2v) is 4.35. The Kier molecular flexibility index (Phi) is 107. The van der Waals surface area contributed by atoms with Crippen LogP contribution in [-0.4, -0.2) is 50.6 Å². The highest BCUT2D eigenvalue weighted by Crippen LogP contribution is 1.99. The maximum Gasteiger partial charge on any atom is 0.146 e. The van der Waals surface area contributed by atoms with Crippen LogP contribution >= 0.6 is 11.8 Å². The molecule has 5 heteroatoms. The Labute approximate surface area is 184 Å². The van der Waals surface area contributed by atoms with Crippen molar-refractivity contribution in [3.05, 3.63) is 0 Å². The normalized spacial score (nSPS) is 13.9. The lowest BCUT2D eigenvalue weighted by Crippen LogP contribution is -2.11. The Morgan fingerprint density at radius 3 is 1.25 bits per heavy atom. The zero-order chi connectivity index (χ0) is 23.3. The van der Waals surface area contributed by atoms with E-state index >= 15 is 0 Å². The minimum absolute atomic E-state index is 0.500. The number of thioether (sulfide) groups is 1. The third kappa shape index (κ3) is 63.7. The van der Waals surface area contributed by atoms with E-state index in [-0.39, 0.29) is 0 Å². The Bertz CT molecular complexity index is 171. The fraction of sp³-hybridized carbons (Fsp3) is 0.913. The highest BCUT2D eigenvalue weighted by Gasteiger charge is 1.94. The van der Waals surface area contributed by atoms with Gasteiger partial charge in [-0.3, -0.25) is 9.98 Å². The maximum absolute atomic E-state index is 4.85. The van der Waals surface area contributed by atoms with Crippen molar-refractivity contribution in [3.63, 3.8) is 0 Å². The standard InChI is InChI=1S/C4H7N.C4H8O2.C3H5NS.6C2H6/c1-2-4-5-3-1;1-2-5-4-6-3-1;1-2-5-3-4-1;6*1-2/h3H,1-2,4H2;1-4H2;3H,1-2H2;6*1-2H3. The fourth-order valence-corrected chi connectivity index (χ4v) is 1.69. The molecule has 4 nitrogen and oxygen atoms in total. The van der Waals surface area contributed by atoms with E-state index in [2.05, 4.69) is 9.98 Å². The molecule has 0 amide bonds. The number of nitrogens with zero attached hydrogens (tertiary/aromatic N) is 2. The third-order valence-corrected chi connectivity index (χ3v) is 2.70. The largest absolute Gasteiger partial charge is 0.355 e. The molecular formula is C23H56N2O2S. The first kappa shape index (κ1) is 41.9. The van der Waals surface area contributed by atoms with E-state index in [0.29, 0.717) is 6.79 Å². The smallest absolute Gasteiger partial charge is 0.146 e. The van der Waals surface area contributed by atoms with Crippen LogP contribution in [0.4, 0.5) is 0 Å². The molecule has 1 saturated heterocycles. The molecule has 0 N–H and O–H groups in total. The van der Waals surface area contributed by atoms with Crippen LogP contribution in [0.5, 0.6) is 0 Å². The van der Waals surface area contributed by atoms with E-state index in [4.69, 9.17) is 9.47 Å². The lowest BCUT2D eigenvalue weighted by atomic mass is 10.4. The van der Waals surface area contributed by atoms with Crippen LogP contribution in [-0.2, 0) is 9.47 Å². The Balaban J connectivity index is -0.0000000516. The van der Waals surface area contributed by atoms with Gasteiger partial charge in [-0.25, -0.2) is 0 Å². The second kappa shape index (κ2) is 71.6. The van der Waals surface area contributed by atoms with Gasteiger partial charge in [0, 0.05) is 18.8 Å². The molecule has 3 aliphatic heterocycles. The van der Waals surface area contributed by atoms with Gasteiger partial charge in [0.1, 0.15) is 6.79 Å². The van der Waals surface area contributed by atoms with Gasteiger partial charge in [-0.1, -0.05) is 83.1 Å². The molecule has 0 aliphatic carbocycles. The molecule has 3 heterocycles. The van der Waals surface area contributed by atoms with Gasteiger partial charge in [-0.2, -0.15) is 0 Å². The Morgan fingerprint density at radius 1 is 0.643 bits per heavy atom. The van der Waals surface area contributed by atoms with Gasteiger partial charge in [0.25, 0.3) is 0 Å². The molecule has 0 atom stereocenters. The van der Waals surface area contributed by atoms with Crippen molar-refractivity contribution in [2.75, 3.05) is 38.8 Å². The van der Waals surface area contributed by atoms with Crippen LogP contribution in [0.1, 0.15) is 102 Å². The van der Waals surface area contributed by atoms with E-state index in [1.807, 2.05) is 94.8 Å². The van der Waals surface area contributed by atoms with Crippen LogP contribution in [0.2, 0.25) is 0 Å². The highest BCUT2D eigenvalue weighted by molar-refractivity contribution is 8.12. The summed E-state index contributed by atoms with van der Waals surface area (Å²) in [5, 5.41) is 0. The minimum atomic E-state index is 0.500. The van der Waals surface area contributed by atoms with Crippen molar-refractivity contribution in [2.45, 2.75) is 102 Å². The molecule has 3 aliphatic rings. The lowest BCUT2D eigenvalue weighted by Gasteiger charge is -2.09. The second-order valence-electron chi connectivity index (χ2n) is 3.40. The maximum atomic E-state index is 4.85. The first-order valence-electron chi connectivity index (χ1n) is 11.7. The summed E-state index contributed by atoms with van der Waals surface area (Å²) in [6.45, 7) is 28.4. The van der Waals surface area contributed by atoms with Gasteiger partial charge in [-0.15, -0.1) is 11.8 Å². The van der Waals surface area contributed by atoms with Crippen LogP contribution in [0.15, 0.2) is 9.98 Å². The van der Waals surface area contributed by atoms with Crippen LogP contribution in [0.3, 0.4) is 0 Å². The first-order chi connectivity index (χ1) is 14.0. The predicted octanol–water partition coefficient (Wildman–Crippen LogP) is 8.15. The van der Waals surface area contributed by atoms with E-state index in [1.54, 1.807) is 11.8 Å². The summed E-state index contributed by atoms with van der Waals surface area (Å²) in [4.78, 5) is 7.88. The number of aliphatic imine (C=N–C) groups is 2. The zero-order valence-corrected chi connectivity index (χ0v) is 22.5. The van der Waals surface area contributed by atoms with Crippen molar-refractivity contribution in [2.24, 2.45) is 9.98 Å². The Morgan fingerprint density at radius 2 is 1.14 bits per heavy atom. The summed E-state index contributed by atoms with van der Waals surface area (Å²) in [7, 11) is 0. The summed E-state index contributed by atoms with van der Waals surface area (Å²) in [6, 6.07) is 0. The monoisotopic (exact) mass is 424 g/mol. The average Bonchev–Trinajstić information content (AvgIpc) is 3.63. The van der Waals surface area contributed by atoms with Crippen molar-refractivity contribution in [1.29, 1.82) is 0 Å². The Hall–Kier alpha value is -0.390. The van der Waals surface area contributed by atoms with E-state index in [1.165, 1.54) is 18.6 Å². The number of hydrogen-bond donors (Lipinski definition) is 0. The number of hydrogen-bond acceptors (Lipinski definition) is 5. The molecular weight excluding hydrogens is 368 g/mol. The first-order valence-corrected chi connectivity index (χ1v) is 12.8. The summed E-state index contributed by atoms with van der Waals surface area (Å²) >= 11 is 1.78. The van der Waals surface area contributed by atoms with Crippen LogP contribution in [0, 0.1) is 0 Å². The molecule has 0 radical (unpaired) electrons. The van der Waals surface area contributed by atoms with Gasteiger partial charge in [-0.05, 0) is 25.5 Å². The van der Waals surface area contributed by atoms with E-state index in [9.17, 15) is 0 Å². The molecule has 176 valence electrons. The SMILES string of the molecule is C1=NCCC1.C1=NCCS1.C1COCOC1.CC.CC.CC.CC.CC.CC. The molecule has 28 heavy (non-hydrogen) atoms. The molecule has 0 aromatic heterocycles. The highest BCUT2D eigenvalue weighted by atomic mass is 32.2. The third-order valence-electron chi connectivity index (χ3n) is 1.98. The fourth-order valence-electron chi connectivity index (χ4n) is 1.16. The van der Waals surface area contributed by atoms with Crippen molar-refractivity contribution in [1.82, 2.24) is 0 Å². The quantitative estimate of drug-likeness (QED) is 0.394. The predicted molar refractivity (Wildman–Crippen MR) is 138 cm³/mol. The van der Waals surface area contributed by atoms with Crippen LogP contribution < -0.4 is 0 Å². The molecule has 0 spiro atoms. The molecule has 0 bridgehead atoms. The number of ether oxygens (including phenoxy) is 2. The van der Waals surface area contributed by atoms with Crippen molar-refractivity contribution in [3.8, 4) is 0 Å². The molecule has 0 unspecified atom stereocenters. The summed E-state index contributed by atoms with van der Waals surface area (Å²) in [5.41, 5.74) is 1.90. The molecule has 3 rings (SSSR count). The zero-order valence-electron chi connectivity index (χ0n) is 21.6. The summed E-state index contributed by atoms with van der Waals surface area (Å²) < 4.78 is 9.69. The summed E-state index contributed by atoms with van der Waals surface area (Å²) in [6.07, 6.45) is 5.53. The van der Waals surface area contributed by atoms with Gasteiger partial charge in [0.05, 0.1) is 18.8 Å². The van der Waals surface area contributed by atoms with Gasteiger partial charge in [0.2, 0.25) is 0 Å². The number of rotatable bonds is 0. The van der Waals surface area contributed by atoms with Crippen molar-refractivity contribution < 1.29 is 9.47 Å². The topological polar surface area (TPSA) is 43.2 Å². The molecule has 0 aromatic rings. The lowest BCUT2D eigenvalue weighted by molar-refractivity contribution is -0.0963.